The van der Waals surface area contributed by atoms with Crippen molar-refractivity contribution in [2.45, 2.75) is 25.8 Å². The number of aromatic nitrogens is 2. The Morgan fingerprint density at radius 3 is 2.61 bits per heavy atom. The number of benzene rings is 2. The molecule has 1 N–H and O–H groups in total. The van der Waals surface area contributed by atoms with Crippen LogP contribution in [0, 0.1) is 5.82 Å². The van der Waals surface area contributed by atoms with Crippen molar-refractivity contribution >= 4 is 5.91 Å². The van der Waals surface area contributed by atoms with Crippen LogP contribution in [0.5, 0.6) is 5.75 Å². The normalized spacial score (nSPS) is 11.8. The molecule has 0 aliphatic heterocycles. The Balaban J connectivity index is 1.80. The summed E-state index contributed by atoms with van der Waals surface area (Å²) in [6, 6.07) is 12.6. The molecule has 146 valence electrons. The van der Waals surface area contributed by atoms with Gasteiger partial charge in [-0.2, -0.15) is 0 Å². The predicted octanol–water partition coefficient (Wildman–Crippen LogP) is 4.26. The molecule has 1 heterocycles. The fraction of sp³-hybridized carbons (Fsp3) is 0.273. The molecule has 0 saturated carbocycles. The van der Waals surface area contributed by atoms with Gasteiger partial charge < -0.3 is 14.6 Å². The van der Waals surface area contributed by atoms with E-state index >= 15 is 0 Å². The summed E-state index contributed by atoms with van der Waals surface area (Å²) in [4.78, 5) is 17.1. The summed E-state index contributed by atoms with van der Waals surface area (Å²) in [5.74, 6) is 0.574. The third-order valence-electron chi connectivity index (χ3n) is 4.49. The highest BCUT2D eigenvalue weighted by Gasteiger charge is 2.24. The van der Waals surface area contributed by atoms with Crippen molar-refractivity contribution in [3.05, 3.63) is 83.7 Å². The smallest absolute Gasteiger partial charge is 0.252 e. The molecule has 3 aromatic rings. The molecule has 0 aliphatic carbocycles. The van der Waals surface area contributed by atoms with Gasteiger partial charge in [-0.25, -0.2) is 9.37 Å². The van der Waals surface area contributed by atoms with Crippen LogP contribution in [0.2, 0.25) is 0 Å². The first-order valence-electron chi connectivity index (χ1n) is 9.35. The molecule has 2 aromatic carbocycles. The van der Waals surface area contributed by atoms with Gasteiger partial charge in [-0.05, 0) is 36.8 Å². The maximum Gasteiger partial charge on any atom is 0.252 e. The predicted molar refractivity (Wildman–Crippen MR) is 106 cm³/mol. The topological polar surface area (TPSA) is 56.1 Å². The van der Waals surface area contributed by atoms with Gasteiger partial charge in [0.25, 0.3) is 5.91 Å². The maximum absolute atomic E-state index is 14.4. The van der Waals surface area contributed by atoms with E-state index in [1.807, 2.05) is 7.05 Å². The second kappa shape index (κ2) is 9.17. The van der Waals surface area contributed by atoms with Gasteiger partial charge in [-0.3, -0.25) is 4.79 Å². The maximum atomic E-state index is 14.4. The molecule has 5 nitrogen and oxygen atoms in total. The standard InChI is InChI=1S/C22H24FN3O2/c1-3-4-15-28-17-11-9-16(10-12-17)22(27)25-20(21-24-13-14-26(21)2)18-7-5-6-8-19(18)23/h5-14,20H,3-4,15H2,1-2H3,(H,25,27). The van der Waals surface area contributed by atoms with Crippen LogP contribution in [0.3, 0.4) is 0 Å². The average molecular weight is 381 g/mol. The fourth-order valence-corrected chi connectivity index (χ4v) is 2.90. The molecule has 0 saturated heterocycles. The van der Waals surface area contributed by atoms with Crippen molar-refractivity contribution in [1.82, 2.24) is 14.9 Å². The highest BCUT2D eigenvalue weighted by Crippen LogP contribution is 2.24. The SMILES string of the molecule is CCCCOc1ccc(C(=O)NC(c2ccccc2F)c2nccn2C)cc1. The van der Waals surface area contributed by atoms with E-state index in [9.17, 15) is 9.18 Å². The van der Waals surface area contributed by atoms with Crippen LogP contribution in [-0.2, 0) is 7.05 Å². The molecule has 0 spiro atoms. The van der Waals surface area contributed by atoms with Crippen molar-refractivity contribution in [2.75, 3.05) is 6.61 Å². The van der Waals surface area contributed by atoms with E-state index in [-0.39, 0.29) is 5.91 Å². The van der Waals surface area contributed by atoms with E-state index in [4.69, 9.17) is 4.74 Å². The average Bonchev–Trinajstić information content (AvgIpc) is 3.13. The Bertz CT molecular complexity index is 922. The summed E-state index contributed by atoms with van der Waals surface area (Å²) in [6.45, 7) is 2.75. The lowest BCUT2D eigenvalue weighted by atomic mass is 10.0. The van der Waals surface area contributed by atoms with Gasteiger partial charge in [0.05, 0.1) is 6.61 Å². The highest BCUT2D eigenvalue weighted by molar-refractivity contribution is 5.94. The molecule has 1 atom stereocenters. The van der Waals surface area contributed by atoms with E-state index in [1.54, 1.807) is 59.4 Å². The number of halogens is 1. The number of aryl methyl sites for hydroxylation is 1. The minimum atomic E-state index is -0.700. The second-order valence-electron chi connectivity index (χ2n) is 6.55. The number of hydrogen-bond acceptors (Lipinski definition) is 3. The van der Waals surface area contributed by atoms with E-state index in [2.05, 4.69) is 17.2 Å². The van der Waals surface area contributed by atoms with Crippen molar-refractivity contribution in [3.8, 4) is 5.75 Å². The Kier molecular flexibility index (Phi) is 6.42. The van der Waals surface area contributed by atoms with Crippen LogP contribution in [0.15, 0.2) is 60.9 Å². The van der Waals surface area contributed by atoms with Crippen LogP contribution in [0.1, 0.15) is 47.6 Å². The third-order valence-corrected chi connectivity index (χ3v) is 4.49. The van der Waals surface area contributed by atoms with Gasteiger partial charge in [0.2, 0.25) is 0 Å². The number of rotatable bonds is 8. The first-order chi connectivity index (χ1) is 13.6. The van der Waals surface area contributed by atoms with Crippen molar-refractivity contribution in [2.24, 2.45) is 7.05 Å². The molecular formula is C22H24FN3O2. The molecular weight excluding hydrogens is 357 g/mol. The van der Waals surface area contributed by atoms with Crippen molar-refractivity contribution in [3.63, 3.8) is 0 Å². The first kappa shape index (κ1) is 19.6. The van der Waals surface area contributed by atoms with E-state index in [0.717, 1.165) is 18.6 Å². The molecule has 0 aliphatic rings. The first-order valence-corrected chi connectivity index (χ1v) is 9.35. The number of ether oxygens (including phenoxy) is 1. The number of unbranched alkanes of at least 4 members (excludes halogenated alkanes) is 1. The lowest BCUT2D eigenvalue weighted by Gasteiger charge is -2.20. The zero-order valence-corrected chi connectivity index (χ0v) is 16.1. The number of carbonyl (C=O) groups excluding carboxylic acids is 1. The number of imidazole rings is 1. The summed E-state index contributed by atoms with van der Waals surface area (Å²) in [5.41, 5.74) is 0.836. The monoisotopic (exact) mass is 381 g/mol. The second-order valence-corrected chi connectivity index (χ2v) is 6.55. The molecule has 0 radical (unpaired) electrons. The van der Waals surface area contributed by atoms with Gasteiger partial charge >= 0.3 is 0 Å². The number of nitrogens with one attached hydrogen (secondary N) is 1. The number of hydrogen-bond donors (Lipinski definition) is 1. The van der Waals surface area contributed by atoms with Crippen LogP contribution in [0.25, 0.3) is 0 Å². The minimum absolute atomic E-state index is 0.309. The zero-order valence-electron chi connectivity index (χ0n) is 16.1. The van der Waals surface area contributed by atoms with Crippen LogP contribution in [-0.4, -0.2) is 22.1 Å². The lowest BCUT2D eigenvalue weighted by molar-refractivity contribution is 0.0940. The van der Waals surface area contributed by atoms with Crippen LogP contribution < -0.4 is 10.1 Å². The summed E-state index contributed by atoms with van der Waals surface area (Å²) in [5, 5.41) is 2.90. The number of nitrogens with zero attached hydrogens (tertiary/aromatic N) is 2. The van der Waals surface area contributed by atoms with Crippen LogP contribution >= 0.6 is 0 Å². The van der Waals surface area contributed by atoms with Crippen molar-refractivity contribution in [1.29, 1.82) is 0 Å². The van der Waals surface area contributed by atoms with E-state index < -0.39 is 11.9 Å². The van der Waals surface area contributed by atoms with E-state index in [1.165, 1.54) is 6.07 Å². The Morgan fingerprint density at radius 2 is 1.96 bits per heavy atom. The molecule has 3 rings (SSSR count). The van der Waals surface area contributed by atoms with Crippen molar-refractivity contribution < 1.29 is 13.9 Å². The van der Waals surface area contributed by atoms with Gasteiger partial charge in [0, 0.05) is 30.6 Å². The molecule has 1 unspecified atom stereocenters. The summed E-state index contributed by atoms with van der Waals surface area (Å²) in [6.07, 6.45) is 5.43. The Morgan fingerprint density at radius 1 is 1.21 bits per heavy atom. The molecule has 1 amide bonds. The summed E-state index contributed by atoms with van der Waals surface area (Å²) < 4.78 is 21.8. The molecule has 1 aromatic heterocycles. The van der Waals surface area contributed by atoms with Gasteiger partial charge in [0.1, 0.15) is 23.4 Å². The third kappa shape index (κ3) is 4.57. The van der Waals surface area contributed by atoms with Gasteiger partial charge in [0.15, 0.2) is 0 Å². The summed E-state index contributed by atoms with van der Waals surface area (Å²) in [7, 11) is 1.81. The molecule has 28 heavy (non-hydrogen) atoms. The fourth-order valence-electron chi connectivity index (χ4n) is 2.90. The highest BCUT2D eigenvalue weighted by atomic mass is 19.1. The quantitative estimate of drug-likeness (QED) is 0.593. The van der Waals surface area contributed by atoms with Gasteiger partial charge in [-0.1, -0.05) is 31.5 Å². The van der Waals surface area contributed by atoms with E-state index in [0.29, 0.717) is 23.6 Å². The largest absolute Gasteiger partial charge is 0.494 e. The molecule has 0 fully saturated rings. The number of carbonyl (C=O) groups is 1. The van der Waals surface area contributed by atoms with Gasteiger partial charge in [-0.15, -0.1) is 0 Å². The molecule has 0 bridgehead atoms. The minimum Gasteiger partial charge on any atom is -0.494 e. The Hall–Kier alpha value is -3.15. The molecule has 6 heteroatoms. The lowest BCUT2D eigenvalue weighted by Crippen LogP contribution is -2.31. The Labute approximate surface area is 164 Å². The van der Waals surface area contributed by atoms with Crippen LogP contribution in [0.4, 0.5) is 4.39 Å². The summed E-state index contributed by atoms with van der Waals surface area (Å²) >= 11 is 0. The number of amides is 1. The zero-order chi connectivity index (χ0) is 19.9.